The molecule has 1 aromatic carbocycles. The molecule has 4 bridgehead atoms. The fourth-order valence-electron chi connectivity index (χ4n) is 5.89. The Morgan fingerprint density at radius 1 is 1.22 bits per heavy atom. The van der Waals surface area contributed by atoms with Gasteiger partial charge in [-0.05, 0) is 69.4 Å². The van der Waals surface area contributed by atoms with Gasteiger partial charge in [0, 0.05) is 24.7 Å². The molecule has 3 fully saturated rings. The normalized spacial score (nSPS) is 34.3. The van der Waals surface area contributed by atoms with E-state index in [1.807, 2.05) is 11.0 Å². The molecule has 1 aliphatic carbocycles. The van der Waals surface area contributed by atoms with Crippen molar-refractivity contribution in [2.45, 2.75) is 63.0 Å². The average Bonchev–Trinajstić information content (AvgIpc) is 2.68. The van der Waals surface area contributed by atoms with Crippen LogP contribution >= 0.6 is 11.6 Å². The molecule has 3 heterocycles. The molecule has 5 atom stereocenters. The highest BCUT2D eigenvalue weighted by molar-refractivity contribution is 6.33. The minimum absolute atomic E-state index is 0.216. The molecule has 6 heteroatoms. The van der Waals surface area contributed by atoms with E-state index in [0.29, 0.717) is 22.5 Å². The van der Waals surface area contributed by atoms with Crippen molar-refractivity contribution in [2.75, 3.05) is 30.3 Å². The minimum Gasteiger partial charge on any atom is -0.488 e. The Bertz CT molecular complexity index is 755. The fourth-order valence-corrected chi connectivity index (χ4v) is 6.10. The first kappa shape index (κ1) is 17.6. The Morgan fingerprint density at radius 3 is 2.96 bits per heavy atom. The van der Waals surface area contributed by atoms with Crippen LogP contribution in [0.5, 0.6) is 5.75 Å². The van der Waals surface area contributed by atoms with Crippen LogP contribution in [0.15, 0.2) is 6.07 Å². The number of hydrogen-bond donors (Lipinski definition) is 1. The van der Waals surface area contributed by atoms with E-state index in [-0.39, 0.29) is 12.1 Å². The molecule has 2 N–H and O–H groups in total. The summed E-state index contributed by atoms with van der Waals surface area (Å²) in [6.45, 7) is 3.34. The van der Waals surface area contributed by atoms with E-state index in [9.17, 15) is 4.79 Å². The largest absolute Gasteiger partial charge is 0.488 e. The van der Waals surface area contributed by atoms with E-state index < -0.39 is 0 Å². The van der Waals surface area contributed by atoms with Gasteiger partial charge in [0.05, 0.1) is 22.5 Å². The Labute approximate surface area is 165 Å². The quantitative estimate of drug-likeness (QED) is 0.631. The predicted octanol–water partition coefficient (Wildman–Crippen LogP) is 3.79. The molecule has 4 aliphatic rings. The van der Waals surface area contributed by atoms with Crippen molar-refractivity contribution in [3.8, 4) is 5.75 Å². The van der Waals surface area contributed by atoms with Crippen molar-refractivity contribution in [1.29, 1.82) is 0 Å². The number of nitrogens with two attached hydrogens (primary N) is 1. The van der Waals surface area contributed by atoms with Crippen molar-refractivity contribution in [2.24, 2.45) is 5.92 Å². The number of ether oxygens (including phenoxy) is 1. The van der Waals surface area contributed by atoms with Gasteiger partial charge in [-0.1, -0.05) is 11.6 Å². The molecule has 5 unspecified atom stereocenters. The van der Waals surface area contributed by atoms with E-state index in [4.69, 9.17) is 22.1 Å². The lowest BCUT2D eigenvalue weighted by molar-refractivity contribution is -0.108. The molecule has 0 radical (unpaired) electrons. The number of benzene rings is 1. The third-order valence-corrected chi connectivity index (χ3v) is 7.50. The number of halogens is 1. The maximum Gasteiger partial charge on any atom is 0.214 e. The van der Waals surface area contributed by atoms with Crippen molar-refractivity contribution in [3.63, 3.8) is 0 Å². The number of rotatable bonds is 3. The minimum atomic E-state index is 0.216. The Hall–Kier alpha value is -1.46. The Balaban J connectivity index is 1.57. The molecule has 1 saturated carbocycles. The summed E-state index contributed by atoms with van der Waals surface area (Å²) in [5.74, 6) is 1.74. The molecule has 0 spiro atoms. The van der Waals surface area contributed by atoms with E-state index in [1.54, 1.807) is 0 Å². The van der Waals surface area contributed by atoms with Gasteiger partial charge in [0.2, 0.25) is 6.41 Å². The molecular formula is C21H28ClN3O2. The summed E-state index contributed by atoms with van der Waals surface area (Å²) in [6.07, 6.45) is 9.02. The van der Waals surface area contributed by atoms with Gasteiger partial charge < -0.3 is 20.3 Å². The first-order valence-electron chi connectivity index (χ1n) is 10.4. The Morgan fingerprint density at radius 2 is 2.11 bits per heavy atom. The lowest BCUT2D eigenvalue weighted by Gasteiger charge is -2.47. The fraction of sp³-hybridized carbons (Fsp3) is 0.667. The van der Waals surface area contributed by atoms with E-state index in [1.165, 1.54) is 19.4 Å². The molecule has 2 saturated heterocycles. The summed E-state index contributed by atoms with van der Waals surface area (Å²) >= 11 is 6.54. The standard InChI is InChI=1S/C21H28ClN3O2/c22-16-10-18(21-19(20(16)23)13-3-1-5-15(9-13)27-21)25(12-26)17-6-8-24-7-2-4-14(17)11-24/h10,12-15,17H,1-9,11,23H2. The van der Waals surface area contributed by atoms with Crippen molar-refractivity contribution in [1.82, 2.24) is 4.90 Å². The number of hydrogen-bond acceptors (Lipinski definition) is 4. The third-order valence-electron chi connectivity index (χ3n) is 7.18. The van der Waals surface area contributed by atoms with Gasteiger partial charge in [-0.25, -0.2) is 0 Å². The smallest absolute Gasteiger partial charge is 0.214 e. The lowest BCUT2D eigenvalue weighted by Crippen LogP contribution is -2.53. The highest BCUT2D eigenvalue weighted by atomic mass is 35.5. The Kier molecular flexibility index (Phi) is 4.47. The van der Waals surface area contributed by atoms with Gasteiger partial charge in [0.15, 0.2) is 0 Å². The zero-order chi connectivity index (χ0) is 18.5. The van der Waals surface area contributed by atoms with E-state index in [2.05, 4.69) is 4.90 Å². The molecule has 0 aromatic heterocycles. The number of piperidine rings is 2. The second-order valence-electron chi connectivity index (χ2n) is 8.71. The van der Waals surface area contributed by atoms with Gasteiger partial charge in [-0.15, -0.1) is 0 Å². The zero-order valence-corrected chi connectivity index (χ0v) is 16.5. The topological polar surface area (TPSA) is 58.8 Å². The van der Waals surface area contributed by atoms with Crippen molar-refractivity contribution >= 4 is 29.4 Å². The number of nitrogen functional groups attached to an aromatic ring is 1. The monoisotopic (exact) mass is 389 g/mol. The van der Waals surface area contributed by atoms with Crippen LogP contribution in [0, 0.1) is 5.92 Å². The SMILES string of the molecule is Nc1c(Cl)cc(N(C=O)C2CCN3CCCC2C3)c2c1C1CCCC(C1)O2. The highest BCUT2D eigenvalue weighted by Gasteiger charge is 2.40. The van der Waals surface area contributed by atoms with Gasteiger partial charge in [0.25, 0.3) is 0 Å². The third kappa shape index (κ3) is 2.90. The van der Waals surface area contributed by atoms with Crippen LogP contribution in [0.2, 0.25) is 5.02 Å². The summed E-state index contributed by atoms with van der Waals surface area (Å²) in [5, 5.41) is 0.546. The van der Waals surface area contributed by atoms with Gasteiger partial charge in [-0.2, -0.15) is 0 Å². The van der Waals surface area contributed by atoms with Gasteiger partial charge in [0.1, 0.15) is 5.75 Å². The number of fused-ring (bicyclic) bond motifs is 6. The van der Waals surface area contributed by atoms with E-state index >= 15 is 0 Å². The molecular weight excluding hydrogens is 362 g/mol. The first-order valence-corrected chi connectivity index (χ1v) is 10.8. The summed E-state index contributed by atoms with van der Waals surface area (Å²) in [6, 6.07) is 2.08. The number of amides is 1. The summed E-state index contributed by atoms with van der Waals surface area (Å²) in [4.78, 5) is 16.7. The van der Waals surface area contributed by atoms with Crippen LogP contribution in [-0.4, -0.2) is 43.1 Å². The van der Waals surface area contributed by atoms with Gasteiger partial charge in [-0.3, -0.25) is 4.79 Å². The summed E-state index contributed by atoms with van der Waals surface area (Å²) in [5.41, 5.74) is 8.90. The molecule has 27 heavy (non-hydrogen) atoms. The molecule has 5 nitrogen and oxygen atoms in total. The molecule has 1 amide bonds. The molecule has 5 rings (SSSR count). The predicted molar refractivity (Wildman–Crippen MR) is 108 cm³/mol. The molecule has 1 aromatic rings. The zero-order valence-electron chi connectivity index (χ0n) is 15.7. The number of anilines is 2. The van der Waals surface area contributed by atoms with Gasteiger partial charge >= 0.3 is 0 Å². The molecule has 3 aliphatic heterocycles. The average molecular weight is 390 g/mol. The highest BCUT2D eigenvalue weighted by Crippen LogP contribution is 2.53. The first-order chi connectivity index (χ1) is 13.2. The van der Waals surface area contributed by atoms with E-state index in [0.717, 1.165) is 68.6 Å². The second kappa shape index (κ2) is 6.85. The van der Waals surface area contributed by atoms with Crippen LogP contribution in [0.4, 0.5) is 11.4 Å². The van der Waals surface area contributed by atoms with Crippen LogP contribution in [0.25, 0.3) is 0 Å². The van der Waals surface area contributed by atoms with Crippen LogP contribution < -0.4 is 15.4 Å². The number of carbonyl (C=O) groups is 1. The van der Waals surface area contributed by atoms with Crippen LogP contribution in [-0.2, 0) is 4.79 Å². The molecule has 146 valence electrons. The number of nitrogens with zero attached hydrogens (tertiary/aromatic N) is 2. The van der Waals surface area contributed by atoms with Crippen LogP contribution in [0.1, 0.15) is 56.4 Å². The van der Waals surface area contributed by atoms with Crippen molar-refractivity contribution < 1.29 is 9.53 Å². The lowest BCUT2D eigenvalue weighted by atomic mass is 9.78. The maximum atomic E-state index is 12.3. The van der Waals surface area contributed by atoms with Crippen LogP contribution in [0.3, 0.4) is 0 Å². The summed E-state index contributed by atoms with van der Waals surface area (Å²) < 4.78 is 6.40. The number of carbonyl (C=O) groups excluding carboxylic acids is 1. The second-order valence-corrected chi connectivity index (χ2v) is 9.12. The maximum absolute atomic E-state index is 12.3. The summed E-state index contributed by atoms with van der Waals surface area (Å²) in [7, 11) is 0. The van der Waals surface area contributed by atoms with Crippen molar-refractivity contribution in [3.05, 3.63) is 16.7 Å².